The van der Waals surface area contributed by atoms with Crippen molar-refractivity contribution in [2.45, 2.75) is 37.6 Å². The van der Waals surface area contributed by atoms with Crippen molar-refractivity contribution in [2.24, 2.45) is 4.99 Å². The van der Waals surface area contributed by atoms with Crippen LogP contribution in [-0.2, 0) is 23.2 Å². The number of hydrogen-bond acceptors (Lipinski definition) is 2. The lowest BCUT2D eigenvalue weighted by Crippen LogP contribution is -2.51. The van der Waals surface area contributed by atoms with E-state index >= 15 is 0 Å². The van der Waals surface area contributed by atoms with Gasteiger partial charge in [0.25, 0.3) is 0 Å². The highest BCUT2D eigenvalue weighted by Gasteiger charge is 2.38. The van der Waals surface area contributed by atoms with Crippen LogP contribution < -0.4 is 10.6 Å². The number of hydrogen-bond donors (Lipinski definition) is 2. The summed E-state index contributed by atoms with van der Waals surface area (Å²) in [4.78, 5) is 18.9. The van der Waals surface area contributed by atoms with Crippen molar-refractivity contribution in [3.05, 3.63) is 71.3 Å². The predicted octanol–water partition coefficient (Wildman–Crippen LogP) is 2.86. The third-order valence-electron chi connectivity index (χ3n) is 6.41. The third kappa shape index (κ3) is 4.29. The first-order valence-corrected chi connectivity index (χ1v) is 10.5. The SMILES string of the molecule is CN=C(NCC(=O)N1CCc2ccccc2C1)NCC1(c2ccccc2)CCC1. The van der Waals surface area contributed by atoms with E-state index in [0.29, 0.717) is 12.5 Å². The van der Waals surface area contributed by atoms with Crippen molar-refractivity contribution in [1.82, 2.24) is 15.5 Å². The number of rotatable bonds is 5. The molecule has 0 atom stereocenters. The van der Waals surface area contributed by atoms with Gasteiger partial charge in [-0.15, -0.1) is 0 Å². The number of carbonyl (C=O) groups excluding carboxylic acids is 1. The van der Waals surface area contributed by atoms with E-state index in [1.54, 1.807) is 7.05 Å². The van der Waals surface area contributed by atoms with Crippen LogP contribution in [0, 0.1) is 0 Å². The second-order valence-corrected chi connectivity index (χ2v) is 8.11. The van der Waals surface area contributed by atoms with E-state index in [0.717, 1.165) is 19.5 Å². The van der Waals surface area contributed by atoms with Crippen LogP contribution in [0.25, 0.3) is 0 Å². The van der Waals surface area contributed by atoms with Crippen LogP contribution in [0.3, 0.4) is 0 Å². The monoisotopic (exact) mass is 390 g/mol. The molecule has 4 rings (SSSR count). The molecule has 2 aromatic carbocycles. The Morgan fingerprint density at radius 1 is 1.03 bits per heavy atom. The first kappa shape index (κ1) is 19.5. The molecular weight excluding hydrogens is 360 g/mol. The minimum atomic E-state index is 0.115. The molecule has 1 saturated carbocycles. The van der Waals surface area contributed by atoms with E-state index < -0.39 is 0 Å². The summed E-state index contributed by atoms with van der Waals surface area (Å²) in [6, 6.07) is 19.1. The normalized spacial score (nSPS) is 17.8. The molecule has 0 aromatic heterocycles. The Balaban J connectivity index is 1.29. The number of fused-ring (bicyclic) bond motifs is 1. The minimum absolute atomic E-state index is 0.115. The largest absolute Gasteiger partial charge is 0.356 e. The summed E-state index contributed by atoms with van der Waals surface area (Å²) in [5.74, 6) is 0.807. The molecule has 0 bridgehead atoms. The van der Waals surface area contributed by atoms with E-state index in [2.05, 4.69) is 64.2 Å². The van der Waals surface area contributed by atoms with Crippen molar-refractivity contribution in [3.8, 4) is 0 Å². The van der Waals surface area contributed by atoms with Crippen LogP contribution in [0.1, 0.15) is 36.0 Å². The highest BCUT2D eigenvalue weighted by molar-refractivity contribution is 5.86. The van der Waals surface area contributed by atoms with Gasteiger partial charge in [0.2, 0.25) is 5.91 Å². The van der Waals surface area contributed by atoms with Gasteiger partial charge in [0.1, 0.15) is 0 Å². The second-order valence-electron chi connectivity index (χ2n) is 8.11. The number of amides is 1. The average molecular weight is 391 g/mol. The number of benzene rings is 2. The Labute approximate surface area is 173 Å². The standard InChI is InChI=1S/C24H30N4O/c1-25-23(27-18-24(13-7-14-24)21-10-3-2-4-11-21)26-16-22(29)28-15-12-19-8-5-6-9-20(19)17-28/h2-6,8-11H,7,12-18H2,1H3,(H2,25,26,27). The molecule has 5 nitrogen and oxygen atoms in total. The first-order valence-electron chi connectivity index (χ1n) is 10.5. The Hall–Kier alpha value is -2.82. The molecule has 1 amide bonds. The summed E-state index contributed by atoms with van der Waals surface area (Å²) in [6.07, 6.45) is 4.56. The van der Waals surface area contributed by atoms with Crippen LogP contribution >= 0.6 is 0 Å². The molecule has 0 spiro atoms. The maximum absolute atomic E-state index is 12.7. The van der Waals surface area contributed by atoms with Crippen molar-refractivity contribution in [2.75, 3.05) is 26.7 Å². The van der Waals surface area contributed by atoms with Crippen molar-refractivity contribution in [1.29, 1.82) is 0 Å². The van der Waals surface area contributed by atoms with Crippen LogP contribution in [0.5, 0.6) is 0 Å². The van der Waals surface area contributed by atoms with Gasteiger partial charge in [-0.05, 0) is 36.0 Å². The smallest absolute Gasteiger partial charge is 0.242 e. The lowest BCUT2D eigenvalue weighted by Gasteiger charge is -2.43. The van der Waals surface area contributed by atoms with Crippen LogP contribution in [0.2, 0.25) is 0 Å². The van der Waals surface area contributed by atoms with Gasteiger partial charge < -0.3 is 15.5 Å². The average Bonchev–Trinajstić information content (AvgIpc) is 2.75. The number of nitrogens with one attached hydrogen (secondary N) is 2. The van der Waals surface area contributed by atoms with Gasteiger partial charge in [0.15, 0.2) is 5.96 Å². The molecule has 1 heterocycles. The van der Waals surface area contributed by atoms with Gasteiger partial charge in [-0.1, -0.05) is 61.0 Å². The summed E-state index contributed by atoms with van der Waals surface area (Å²) < 4.78 is 0. The van der Waals surface area contributed by atoms with E-state index in [-0.39, 0.29) is 17.9 Å². The van der Waals surface area contributed by atoms with Crippen molar-refractivity contribution < 1.29 is 4.79 Å². The second kappa shape index (κ2) is 8.68. The molecule has 29 heavy (non-hydrogen) atoms. The maximum Gasteiger partial charge on any atom is 0.242 e. The highest BCUT2D eigenvalue weighted by atomic mass is 16.2. The molecule has 0 unspecified atom stereocenters. The zero-order valence-electron chi connectivity index (χ0n) is 17.2. The van der Waals surface area contributed by atoms with E-state index in [1.807, 2.05) is 11.0 Å². The van der Waals surface area contributed by atoms with Crippen molar-refractivity contribution >= 4 is 11.9 Å². The molecule has 5 heteroatoms. The van der Waals surface area contributed by atoms with Gasteiger partial charge in [0.05, 0.1) is 6.54 Å². The minimum Gasteiger partial charge on any atom is -0.356 e. The van der Waals surface area contributed by atoms with Crippen LogP contribution in [-0.4, -0.2) is 43.4 Å². The molecule has 0 saturated heterocycles. The molecular formula is C24H30N4O. The molecule has 152 valence electrons. The number of guanidine groups is 1. The fourth-order valence-electron chi connectivity index (χ4n) is 4.42. The Morgan fingerprint density at radius 2 is 1.76 bits per heavy atom. The molecule has 0 radical (unpaired) electrons. The van der Waals surface area contributed by atoms with Gasteiger partial charge >= 0.3 is 0 Å². The lowest BCUT2D eigenvalue weighted by atomic mass is 9.64. The lowest BCUT2D eigenvalue weighted by molar-refractivity contribution is -0.130. The molecule has 2 N–H and O–H groups in total. The van der Waals surface area contributed by atoms with E-state index in [4.69, 9.17) is 0 Å². The quantitative estimate of drug-likeness (QED) is 0.610. The number of carbonyl (C=O) groups is 1. The Kier molecular flexibility index (Phi) is 5.84. The number of aliphatic imine (C=N–C) groups is 1. The van der Waals surface area contributed by atoms with Crippen LogP contribution in [0.15, 0.2) is 59.6 Å². The van der Waals surface area contributed by atoms with Gasteiger partial charge in [-0.3, -0.25) is 9.79 Å². The van der Waals surface area contributed by atoms with Gasteiger partial charge in [-0.2, -0.15) is 0 Å². The zero-order valence-corrected chi connectivity index (χ0v) is 17.2. The molecule has 2 aromatic rings. The van der Waals surface area contributed by atoms with Crippen molar-refractivity contribution in [3.63, 3.8) is 0 Å². The topological polar surface area (TPSA) is 56.7 Å². The zero-order chi connectivity index (χ0) is 20.1. The maximum atomic E-state index is 12.7. The summed E-state index contributed by atoms with van der Waals surface area (Å²) in [5.41, 5.74) is 4.18. The van der Waals surface area contributed by atoms with E-state index in [9.17, 15) is 4.79 Å². The Morgan fingerprint density at radius 3 is 2.45 bits per heavy atom. The van der Waals surface area contributed by atoms with Gasteiger partial charge in [-0.25, -0.2) is 0 Å². The fourth-order valence-corrected chi connectivity index (χ4v) is 4.42. The molecule has 2 aliphatic rings. The highest BCUT2D eigenvalue weighted by Crippen LogP contribution is 2.43. The van der Waals surface area contributed by atoms with Gasteiger partial charge in [0, 0.05) is 32.1 Å². The first-order chi connectivity index (χ1) is 14.2. The predicted molar refractivity (Wildman–Crippen MR) is 117 cm³/mol. The Bertz CT molecular complexity index is 873. The summed E-state index contributed by atoms with van der Waals surface area (Å²) in [7, 11) is 1.76. The summed E-state index contributed by atoms with van der Waals surface area (Å²) in [6.45, 7) is 2.57. The van der Waals surface area contributed by atoms with Crippen LogP contribution in [0.4, 0.5) is 0 Å². The molecule has 1 aliphatic heterocycles. The summed E-state index contributed by atoms with van der Waals surface area (Å²) in [5, 5.41) is 6.66. The molecule has 1 fully saturated rings. The molecule has 1 aliphatic carbocycles. The van der Waals surface area contributed by atoms with E-state index in [1.165, 1.54) is 36.0 Å². The fraction of sp³-hybridized carbons (Fsp3) is 0.417. The number of nitrogens with zero attached hydrogens (tertiary/aromatic N) is 2. The third-order valence-corrected chi connectivity index (χ3v) is 6.41. The summed E-state index contributed by atoms with van der Waals surface area (Å²) >= 11 is 0.